The number of carbonyl (C=O) groups is 1. The quantitative estimate of drug-likeness (QED) is 0.322. The molecule has 138 valence electrons. The molecule has 0 aliphatic carbocycles. The molecule has 0 saturated heterocycles. The smallest absolute Gasteiger partial charge is 0.334 e. The number of fused-ring (bicyclic) bond motifs is 1. The van der Waals surface area contributed by atoms with Crippen molar-refractivity contribution in [2.75, 3.05) is 5.32 Å². The largest absolute Gasteiger partial charge is 0.354 e. The Morgan fingerprint density at radius 3 is 2.71 bits per heavy atom. The third-order valence-electron chi connectivity index (χ3n) is 4.20. The Bertz CT molecular complexity index is 1220. The van der Waals surface area contributed by atoms with E-state index in [0.29, 0.717) is 22.3 Å². The number of para-hydroxylation sites is 2. The summed E-state index contributed by atoms with van der Waals surface area (Å²) in [4.78, 5) is 35.3. The second-order valence-electron chi connectivity index (χ2n) is 6.02. The summed E-state index contributed by atoms with van der Waals surface area (Å²) in [6.07, 6.45) is 2.73. The van der Waals surface area contributed by atoms with Crippen LogP contribution in [-0.4, -0.2) is 30.2 Å². The fourth-order valence-electron chi connectivity index (χ4n) is 2.89. The molecular formula is C19H14N6O3. The summed E-state index contributed by atoms with van der Waals surface area (Å²) in [6.45, 7) is 1.45. The number of rotatable bonds is 5. The van der Waals surface area contributed by atoms with E-state index in [1.54, 1.807) is 34.9 Å². The molecule has 0 atom stereocenters. The number of carbonyl (C=O) groups excluding carboxylic acids is 1. The highest BCUT2D eigenvalue weighted by molar-refractivity contribution is 5.95. The summed E-state index contributed by atoms with van der Waals surface area (Å²) >= 11 is 0. The van der Waals surface area contributed by atoms with Gasteiger partial charge in [0.1, 0.15) is 12.7 Å². The summed E-state index contributed by atoms with van der Waals surface area (Å²) in [6, 6.07) is 13.9. The fraction of sp³-hybridized carbons (Fsp3) is 0.0526. The normalized spacial score (nSPS) is 10.8. The van der Waals surface area contributed by atoms with Crippen molar-refractivity contribution in [3.63, 3.8) is 0 Å². The third-order valence-corrected chi connectivity index (χ3v) is 4.20. The number of Topliss-reactive ketones (excluding diaryl/α,β-unsaturated/α-hetero) is 1. The van der Waals surface area contributed by atoms with Gasteiger partial charge in [0.25, 0.3) is 0 Å². The topological polar surface area (TPSA) is 116 Å². The van der Waals surface area contributed by atoms with Gasteiger partial charge in [-0.1, -0.05) is 24.3 Å². The standard InChI is InChI=1S/C19H14N6O3/c1-12(26)13-5-4-6-14(9-13)23-18-17(25(27)28)19(21-10-20-18)24-11-22-15-7-2-3-8-16(15)24/h2-11H,1H3,(H,20,21,23). The van der Waals surface area contributed by atoms with E-state index >= 15 is 0 Å². The first-order chi connectivity index (χ1) is 13.5. The lowest BCUT2D eigenvalue weighted by atomic mass is 10.1. The molecular weight excluding hydrogens is 360 g/mol. The Labute approximate surface area is 158 Å². The predicted molar refractivity (Wildman–Crippen MR) is 103 cm³/mol. The minimum Gasteiger partial charge on any atom is -0.334 e. The number of ketones is 1. The van der Waals surface area contributed by atoms with Crippen molar-refractivity contribution in [3.05, 3.63) is 76.9 Å². The number of hydrogen-bond acceptors (Lipinski definition) is 7. The van der Waals surface area contributed by atoms with Crippen molar-refractivity contribution in [2.24, 2.45) is 0 Å². The average molecular weight is 374 g/mol. The second kappa shape index (κ2) is 6.88. The molecule has 0 aliphatic rings. The summed E-state index contributed by atoms with van der Waals surface area (Å²) in [5.74, 6) is 0.0128. The van der Waals surface area contributed by atoms with E-state index in [4.69, 9.17) is 0 Å². The van der Waals surface area contributed by atoms with Crippen molar-refractivity contribution in [2.45, 2.75) is 6.92 Å². The molecule has 1 N–H and O–H groups in total. The van der Waals surface area contributed by atoms with Gasteiger partial charge in [0.2, 0.25) is 11.6 Å². The molecule has 28 heavy (non-hydrogen) atoms. The van der Waals surface area contributed by atoms with E-state index in [1.165, 1.54) is 19.6 Å². The summed E-state index contributed by atoms with van der Waals surface area (Å²) in [7, 11) is 0. The molecule has 2 aromatic carbocycles. The van der Waals surface area contributed by atoms with E-state index in [-0.39, 0.29) is 23.1 Å². The Hall–Kier alpha value is -4.14. The average Bonchev–Trinajstić information content (AvgIpc) is 3.12. The van der Waals surface area contributed by atoms with Gasteiger partial charge < -0.3 is 5.32 Å². The van der Waals surface area contributed by atoms with Crippen LogP contribution in [0.4, 0.5) is 17.2 Å². The highest BCUT2D eigenvalue weighted by Gasteiger charge is 2.25. The fourth-order valence-corrected chi connectivity index (χ4v) is 2.89. The molecule has 4 rings (SSSR count). The zero-order valence-corrected chi connectivity index (χ0v) is 14.7. The molecule has 0 aliphatic heterocycles. The van der Waals surface area contributed by atoms with Crippen LogP contribution in [-0.2, 0) is 0 Å². The molecule has 4 aromatic rings. The lowest BCUT2D eigenvalue weighted by Crippen LogP contribution is -2.07. The first-order valence-corrected chi connectivity index (χ1v) is 8.34. The van der Waals surface area contributed by atoms with Crippen molar-refractivity contribution in [1.82, 2.24) is 19.5 Å². The Kier molecular flexibility index (Phi) is 4.24. The molecule has 2 aromatic heterocycles. The van der Waals surface area contributed by atoms with Crippen molar-refractivity contribution >= 4 is 34.0 Å². The molecule has 0 radical (unpaired) electrons. The van der Waals surface area contributed by atoms with E-state index < -0.39 is 4.92 Å². The van der Waals surface area contributed by atoms with Crippen LogP contribution in [0.3, 0.4) is 0 Å². The van der Waals surface area contributed by atoms with E-state index in [0.717, 1.165) is 0 Å². The third kappa shape index (κ3) is 3.05. The Morgan fingerprint density at radius 1 is 1.11 bits per heavy atom. The minimum absolute atomic E-state index is 0.0217. The molecule has 0 spiro atoms. The zero-order valence-electron chi connectivity index (χ0n) is 14.7. The van der Waals surface area contributed by atoms with E-state index in [1.807, 2.05) is 18.2 Å². The molecule has 0 fully saturated rings. The molecule has 2 heterocycles. The van der Waals surface area contributed by atoms with Gasteiger partial charge in [0.05, 0.1) is 16.0 Å². The van der Waals surface area contributed by atoms with Gasteiger partial charge in [-0.25, -0.2) is 15.0 Å². The first kappa shape index (κ1) is 17.3. The van der Waals surface area contributed by atoms with Crippen molar-refractivity contribution in [1.29, 1.82) is 0 Å². The van der Waals surface area contributed by atoms with Crippen LogP contribution < -0.4 is 5.32 Å². The number of aromatic nitrogens is 4. The lowest BCUT2D eigenvalue weighted by Gasteiger charge is -2.10. The van der Waals surface area contributed by atoms with E-state index in [2.05, 4.69) is 20.3 Å². The van der Waals surface area contributed by atoms with Gasteiger partial charge in [-0.2, -0.15) is 0 Å². The van der Waals surface area contributed by atoms with Crippen LogP contribution in [0.25, 0.3) is 16.9 Å². The summed E-state index contributed by atoms with van der Waals surface area (Å²) < 4.78 is 1.55. The second-order valence-corrected chi connectivity index (χ2v) is 6.02. The van der Waals surface area contributed by atoms with Gasteiger partial charge in [-0.05, 0) is 31.2 Å². The first-order valence-electron chi connectivity index (χ1n) is 8.34. The van der Waals surface area contributed by atoms with Crippen molar-refractivity contribution < 1.29 is 9.72 Å². The van der Waals surface area contributed by atoms with Gasteiger partial charge >= 0.3 is 5.69 Å². The number of nitrogens with zero attached hydrogens (tertiary/aromatic N) is 5. The number of hydrogen-bond donors (Lipinski definition) is 1. The molecule has 0 unspecified atom stereocenters. The van der Waals surface area contributed by atoms with Crippen LogP contribution in [0.5, 0.6) is 0 Å². The summed E-state index contributed by atoms with van der Waals surface area (Å²) in [5, 5.41) is 14.8. The predicted octanol–water partition coefficient (Wildman–Crippen LogP) is 3.67. The maximum Gasteiger partial charge on any atom is 0.354 e. The van der Waals surface area contributed by atoms with Gasteiger partial charge in [0.15, 0.2) is 5.78 Å². The Morgan fingerprint density at radius 2 is 1.93 bits per heavy atom. The maximum atomic E-state index is 11.8. The van der Waals surface area contributed by atoms with E-state index in [9.17, 15) is 14.9 Å². The highest BCUT2D eigenvalue weighted by atomic mass is 16.6. The molecule has 0 saturated carbocycles. The van der Waals surface area contributed by atoms with Gasteiger partial charge in [0, 0.05) is 11.3 Å². The minimum atomic E-state index is -0.540. The number of anilines is 2. The monoisotopic (exact) mass is 374 g/mol. The SMILES string of the molecule is CC(=O)c1cccc(Nc2ncnc(-n3cnc4ccccc43)c2[N+](=O)[O-])c1. The molecule has 9 nitrogen and oxygen atoms in total. The number of nitro groups is 1. The number of nitrogens with one attached hydrogen (secondary N) is 1. The molecule has 9 heteroatoms. The number of imidazole rings is 1. The van der Waals surface area contributed by atoms with Crippen LogP contribution in [0.15, 0.2) is 61.2 Å². The lowest BCUT2D eigenvalue weighted by molar-refractivity contribution is -0.384. The molecule has 0 bridgehead atoms. The highest BCUT2D eigenvalue weighted by Crippen LogP contribution is 2.31. The van der Waals surface area contributed by atoms with Gasteiger partial charge in [-0.3, -0.25) is 19.5 Å². The van der Waals surface area contributed by atoms with Crippen LogP contribution in [0.1, 0.15) is 17.3 Å². The Balaban J connectivity index is 1.84. The van der Waals surface area contributed by atoms with Crippen LogP contribution in [0, 0.1) is 10.1 Å². The number of benzene rings is 2. The van der Waals surface area contributed by atoms with Crippen LogP contribution >= 0.6 is 0 Å². The zero-order chi connectivity index (χ0) is 19.7. The molecule has 0 amide bonds. The maximum absolute atomic E-state index is 11.8. The summed E-state index contributed by atoms with van der Waals surface area (Å²) in [5.41, 5.74) is 2.09. The van der Waals surface area contributed by atoms with Crippen molar-refractivity contribution in [3.8, 4) is 5.82 Å². The van der Waals surface area contributed by atoms with Gasteiger partial charge in [-0.15, -0.1) is 0 Å². The van der Waals surface area contributed by atoms with Crippen LogP contribution in [0.2, 0.25) is 0 Å².